The first-order valence-electron chi connectivity index (χ1n) is 10.4. The molecule has 2 aromatic carbocycles. The highest BCUT2D eigenvalue weighted by Gasteiger charge is 2.30. The quantitative estimate of drug-likeness (QED) is 0.270. The predicted molar refractivity (Wildman–Crippen MR) is 124 cm³/mol. The van der Waals surface area contributed by atoms with Gasteiger partial charge in [-0.25, -0.2) is 0 Å². The summed E-state index contributed by atoms with van der Waals surface area (Å²) in [7, 11) is 0. The van der Waals surface area contributed by atoms with E-state index in [0.717, 1.165) is 35.1 Å². The van der Waals surface area contributed by atoms with Crippen LogP contribution in [0.3, 0.4) is 0 Å². The highest BCUT2D eigenvalue weighted by atomic mass is 35.5. The molecule has 0 aliphatic heterocycles. The van der Waals surface area contributed by atoms with Crippen LogP contribution in [0, 0.1) is 0 Å². The lowest BCUT2D eigenvalue weighted by molar-refractivity contribution is 0.288. The number of halogens is 1. The Bertz CT molecular complexity index is 1200. The SMILES string of the molecule is Clc1ccccc1OCc1nnc(SCc2ccccc2Oc2cccnc2)n1C1CC1. The van der Waals surface area contributed by atoms with E-state index in [0.29, 0.717) is 34.9 Å². The standard InChI is InChI=1S/C24H21ClN4O2S/c25-20-8-2-4-10-22(20)30-15-23-27-28-24(29(23)18-11-12-18)32-16-17-6-1-3-9-21(17)31-19-7-5-13-26-14-19/h1-10,13-14,18H,11-12,15-16H2. The monoisotopic (exact) mass is 464 g/mol. The van der Waals surface area contributed by atoms with Gasteiger partial charge < -0.3 is 9.47 Å². The Balaban J connectivity index is 1.30. The Hall–Kier alpha value is -3.03. The molecule has 1 aliphatic carbocycles. The highest BCUT2D eigenvalue weighted by molar-refractivity contribution is 7.98. The van der Waals surface area contributed by atoms with E-state index in [4.69, 9.17) is 21.1 Å². The molecule has 0 bridgehead atoms. The molecule has 0 saturated heterocycles. The maximum atomic E-state index is 6.21. The van der Waals surface area contributed by atoms with Crippen molar-refractivity contribution in [3.63, 3.8) is 0 Å². The number of benzene rings is 2. The number of thioether (sulfide) groups is 1. The molecule has 0 spiro atoms. The van der Waals surface area contributed by atoms with E-state index in [1.54, 1.807) is 24.2 Å². The number of nitrogens with zero attached hydrogens (tertiary/aromatic N) is 4. The van der Waals surface area contributed by atoms with Crippen molar-refractivity contribution in [1.29, 1.82) is 0 Å². The maximum Gasteiger partial charge on any atom is 0.191 e. The Morgan fingerprint density at radius 3 is 2.56 bits per heavy atom. The second-order valence-corrected chi connectivity index (χ2v) is 8.76. The van der Waals surface area contributed by atoms with Crippen molar-refractivity contribution in [2.45, 2.75) is 36.4 Å². The van der Waals surface area contributed by atoms with Gasteiger partial charge in [0, 0.05) is 23.6 Å². The molecule has 1 saturated carbocycles. The van der Waals surface area contributed by atoms with Crippen LogP contribution in [-0.4, -0.2) is 19.7 Å². The first-order valence-corrected chi connectivity index (χ1v) is 11.7. The summed E-state index contributed by atoms with van der Waals surface area (Å²) >= 11 is 7.86. The molecule has 0 atom stereocenters. The third-order valence-corrected chi connectivity index (χ3v) is 6.34. The van der Waals surface area contributed by atoms with Crippen LogP contribution in [0.15, 0.2) is 78.2 Å². The molecular formula is C24H21ClN4O2S. The van der Waals surface area contributed by atoms with Crippen LogP contribution in [0.4, 0.5) is 0 Å². The predicted octanol–water partition coefficient (Wildman–Crippen LogP) is 6.33. The van der Waals surface area contributed by atoms with E-state index in [1.165, 1.54) is 0 Å². The van der Waals surface area contributed by atoms with E-state index >= 15 is 0 Å². The molecule has 32 heavy (non-hydrogen) atoms. The van der Waals surface area contributed by atoms with Crippen molar-refractivity contribution in [3.8, 4) is 17.2 Å². The second kappa shape index (κ2) is 9.63. The number of hydrogen-bond acceptors (Lipinski definition) is 6. The summed E-state index contributed by atoms with van der Waals surface area (Å²) in [5.74, 6) is 3.70. The Kier molecular flexibility index (Phi) is 6.27. The Labute approximate surface area is 195 Å². The van der Waals surface area contributed by atoms with Crippen LogP contribution < -0.4 is 9.47 Å². The van der Waals surface area contributed by atoms with Crippen LogP contribution in [0.1, 0.15) is 30.3 Å². The molecular weight excluding hydrogens is 444 g/mol. The molecule has 162 valence electrons. The van der Waals surface area contributed by atoms with Crippen molar-refractivity contribution >= 4 is 23.4 Å². The van der Waals surface area contributed by atoms with Crippen molar-refractivity contribution in [2.75, 3.05) is 0 Å². The van der Waals surface area contributed by atoms with Gasteiger partial charge >= 0.3 is 0 Å². The van der Waals surface area contributed by atoms with Gasteiger partial charge in [-0.15, -0.1) is 10.2 Å². The van der Waals surface area contributed by atoms with Gasteiger partial charge in [0.25, 0.3) is 0 Å². The highest BCUT2D eigenvalue weighted by Crippen LogP contribution is 2.40. The third-order valence-electron chi connectivity index (χ3n) is 5.03. The molecule has 1 fully saturated rings. The fourth-order valence-electron chi connectivity index (χ4n) is 3.31. The van der Waals surface area contributed by atoms with Gasteiger partial charge in [-0.05, 0) is 43.2 Å². The van der Waals surface area contributed by atoms with Crippen LogP contribution >= 0.6 is 23.4 Å². The molecule has 1 aliphatic rings. The molecule has 0 amide bonds. The molecule has 4 aromatic rings. The van der Waals surface area contributed by atoms with Crippen LogP contribution in [0.25, 0.3) is 0 Å². The topological polar surface area (TPSA) is 62.1 Å². The summed E-state index contributed by atoms with van der Waals surface area (Å²) in [5, 5.41) is 10.3. The van der Waals surface area contributed by atoms with Crippen LogP contribution in [0.5, 0.6) is 17.2 Å². The first-order chi connectivity index (χ1) is 15.8. The zero-order chi connectivity index (χ0) is 21.8. The maximum absolute atomic E-state index is 6.21. The minimum absolute atomic E-state index is 0.328. The van der Waals surface area contributed by atoms with Gasteiger partial charge in [0.05, 0.1) is 11.2 Å². The van der Waals surface area contributed by atoms with Crippen LogP contribution in [-0.2, 0) is 12.4 Å². The lowest BCUT2D eigenvalue weighted by Crippen LogP contribution is -2.07. The largest absolute Gasteiger partial charge is 0.484 e. The average molecular weight is 465 g/mol. The first kappa shape index (κ1) is 20.8. The zero-order valence-corrected chi connectivity index (χ0v) is 18.8. The average Bonchev–Trinajstić information content (AvgIpc) is 3.58. The van der Waals surface area contributed by atoms with Gasteiger partial charge in [-0.3, -0.25) is 9.55 Å². The van der Waals surface area contributed by atoms with Crippen molar-refractivity contribution in [1.82, 2.24) is 19.7 Å². The number of rotatable bonds is 9. The number of aromatic nitrogens is 4. The molecule has 2 heterocycles. The molecule has 6 nitrogen and oxygen atoms in total. The minimum Gasteiger partial charge on any atom is -0.484 e. The fourth-order valence-corrected chi connectivity index (χ4v) is 4.51. The summed E-state index contributed by atoms with van der Waals surface area (Å²) in [6.07, 6.45) is 5.70. The smallest absolute Gasteiger partial charge is 0.191 e. The molecule has 0 N–H and O–H groups in total. The number of ether oxygens (including phenoxy) is 2. The summed E-state index contributed by atoms with van der Waals surface area (Å²) in [6.45, 7) is 0.328. The van der Waals surface area contributed by atoms with E-state index in [9.17, 15) is 0 Å². The van der Waals surface area contributed by atoms with E-state index < -0.39 is 0 Å². The normalized spacial score (nSPS) is 13.2. The summed E-state index contributed by atoms with van der Waals surface area (Å²) < 4.78 is 14.2. The van der Waals surface area contributed by atoms with E-state index in [1.807, 2.05) is 54.6 Å². The molecule has 5 rings (SSSR count). The lowest BCUT2D eigenvalue weighted by atomic mass is 10.2. The van der Waals surface area contributed by atoms with Crippen molar-refractivity contribution in [3.05, 3.63) is 89.5 Å². The van der Waals surface area contributed by atoms with Crippen molar-refractivity contribution < 1.29 is 9.47 Å². The molecule has 8 heteroatoms. The lowest BCUT2D eigenvalue weighted by Gasteiger charge is -2.12. The van der Waals surface area contributed by atoms with Crippen LogP contribution in [0.2, 0.25) is 5.02 Å². The Morgan fingerprint density at radius 1 is 0.969 bits per heavy atom. The molecule has 0 radical (unpaired) electrons. The van der Waals surface area contributed by atoms with Gasteiger partial charge in [-0.2, -0.15) is 0 Å². The zero-order valence-electron chi connectivity index (χ0n) is 17.2. The molecule has 0 unspecified atom stereocenters. The number of hydrogen-bond donors (Lipinski definition) is 0. The summed E-state index contributed by atoms with van der Waals surface area (Å²) in [4.78, 5) is 4.12. The summed E-state index contributed by atoms with van der Waals surface area (Å²) in [5.41, 5.74) is 1.08. The fraction of sp³-hybridized carbons (Fsp3) is 0.208. The van der Waals surface area contributed by atoms with Gasteiger partial charge in [0.2, 0.25) is 0 Å². The van der Waals surface area contributed by atoms with E-state index in [2.05, 4.69) is 25.8 Å². The number of para-hydroxylation sites is 2. The minimum atomic E-state index is 0.328. The van der Waals surface area contributed by atoms with Gasteiger partial charge in [-0.1, -0.05) is 53.7 Å². The van der Waals surface area contributed by atoms with Crippen molar-refractivity contribution in [2.24, 2.45) is 0 Å². The third kappa shape index (κ3) is 4.89. The van der Waals surface area contributed by atoms with E-state index in [-0.39, 0.29) is 0 Å². The second-order valence-electron chi connectivity index (χ2n) is 7.41. The summed E-state index contributed by atoms with van der Waals surface area (Å²) in [6, 6.07) is 19.7. The molecule has 2 aromatic heterocycles. The Morgan fingerprint density at radius 2 is 1.78 bits per heavy atom. The van der Waals surface area contributed by atoms with Gasteiger partial charge in [0.15, 0.2) is 11.0 Å². The number of pyridine rings is 1. The van der Waals surface area contributed by atoms with Gasteiger partial charge in [0.1, 0.15) is 23.9 Å².